The highest BCUT2D eigenvalue weighted by molar-refractivity contribution is 5.32. The van der Waals surface area contributed by atoms with Gasteiger partial charge in [0.15, 0.2) is 0 Å². The van der Waals surface area contributed by atoms with Crippen molar-refractivity contribution >= 4 is 0 Å². The summed E-state index contributed by atoms with van der Waals surface area (Å²) in [5.41, 5.74) is 1.44. The van der Waals surface area contributed by atoms with Crippen molar-refractivity contribution in [1.29, 1.82) is 0 Å². The first-order chi connectivity index (χ1) is 10.7. The minimum Gasteiger partial charge on any atom is -0.368 e. The van der Waals surface area contributed by atoms with E-state index in [1.807, 2.05) is 19.0 Å². The number of nitrogens with zero attached hydrogens (tertiary/aromatic N) is 1. The Morgan fingerprint density at radius 2 is 1.91 bits per heavy atom. The van der Waals surface area contributed by atoms with E-state index >= 15 is 0 Å². The Hall–Kier alpha value is -0.860. The normalized spacial score (nSPS) is 38.3. The molecule has 22 heavy (non-hydrogen) atoms. The van der Waals surface area contributed by atoms with Crippen LogP contribution in [-0.4, -0.2) is 32.1 Å². The molecule has 2 nitrogen and oxygen atoms in total. The summed E-state index contributed by atoms with van der Waals surface area (Å²) in [7, 11) is 3.89. The molecule has 2 heteroatoms. The van der Waals surface area contributed by atoms with Crippen LogP contribution in [0.25, 0.3) is 0 Å². The molecule has 2 saturated carbocycles. The molecule has 2 bridgehead atoms. The van der Waals surface area contributed by atoms with Gasteiger partial charge in [-0.1, -0.05) is 51.1 Å². The predicted molar refractivity (Wildman–Crippen MR) is 91.9 cm³/mol. The Morgan fingerprint density at radius 3 is 2.41 bits per heavy atom. The van der Waals surface area contributed by atoms with Gasteiger partial charge in [-0.15, -0.1) is 0 Å². The van der Waals surface area contributed by atoms with E-state index in [9.17, 15) is 0 Å². The highest BCUT2D eigenvalue weighted by Gasteiger charge is 2.69. The van der Waals surface area contributed by atoms with Gasteiger partial charge < -0.3 is 9.64 Å². The van der Waals surface area contributed by atoms with E-state index in [1.54, 1.807) is 0 Å². The zero-order chi connectivity index (χ0) is 16.9. The molecule has 0 radical (unpaired) electrons. The Morgan fingerprint density at radius 1 is 1.23 bits per heavy atom. The number of likely N-dealkylation sites (N-methyl/N-ethyl adjacent to an activating group) is 1. The molecule has 0 aromatic heterocycles. The highest BCUT2D eigenvalue weighted by atomic mass is 16.5. The van der Waals surface area contributed by atoms with Gasteiger partial charge in [-0.3, -0.25) is 0 Å². The van der Waals surface area contributed by atoms with Gasteiger partial charge in [0.25, 0.3) is 0 Å². The number of hydrogen-bond acceptors (Lipinski definition) is 2. The lowest BCUT2D eigenvalue weighted by molar-refractivity contribution is -0.148. The monoisotopic (exact) mass is 303 g/mol. The van der Waals surface area contributed by atoms with E-state index in [0.717, 1.165) is 6.42 Å². The first kappa shape index (κ1) is 14.7. The molecule has 1 aromatic rings. The van der Waals surface area contributed by atoms with Crippen LogP contribution in [0, 0.1) is 16.7 Å². The Bertz CT molecular complexity index is 558. The van der Waals surface area contributed by atoms with Gasteiger partial charge in [0.2, 0.25) is 0 Å². The highest BCUT2D eigenvalue weighted by Crippen LogP contribution is 2.73. The van der Waals surface area contributed by atoms with Crippen molar-refractivity contribution in [2.24, 2.45) is 16.7 Å². The molecule has 0 heterocycles. The zero-order valence-electron chi connectivity index (χ0n) is 15.7. The minimum absolute atomic E-state index is 0.123. The summed E-state index contributed by atoms with van der Waals surface area (Å²) in [4.78, 5) is 1.92. The van der Waals surface area contributed by atoms with Crippen molar-refractivity contribution in [3.63, 3.8) is 0 Å². The lowest BCUT2D eigenvalue weighted by Crippen LogP contribution is -2.47. The lowest BCUT2D eigenvalue weighted by atomic mass is 9.62. The summed E-state index contributed by atoms with van der Waals surface area (Å²) >= 11 is 0. The molecule has 2 aliphatic rings. The molecule has 1 unspecified atom stereocenters. The van der Waals surface area contributed by atoms with Gasteiger partial charge in [-0.25, -0.2) is 0 Å². The van der Waals surface area contributed by atoms with Crippen LogP contribution >= 0.6 is 0 Å². The molecule has 122 valence electrons. The van der Waals surface area contributed by atoms with Crippen molar-refractivity contribution in [3.8, 4) is 0 Å². The molecule has 1 aromatic carbocycles. The standard InChI is InChI=1S/C20H31NO/c1-18(2)17-11-12-19(18,3)20(15-17,22-14-13-21(4)5)16-9-7-6-8-10-16/h6-10,17H,11-15H2,1-5H3/t17-,19-,20+/m1/s1/i13T/t13?,17-,19-,20+. The molecule has 0 aliphatic heterocycles. The van der Waals surface area contributed by atoms with E-state index in [1.165, 1.54) is 18.4 Å². The SMILES string of the molecule is [3H]C(CO[C@]1(c2ccccc2)C[C@H]2CC[C@]1(C)C2(C)C)N(C)C. The molecule has 3 rings (SSSR count). The maximum absolute atomic E-state index is 8.24. The van der Waals surface area contributed by atoms with Crippen molar-refractivity contribution in [1.82, 2.24) is 4.90 Å². The van der Waals surface area contributed by atoms with Crippen LogP contribution in [0.4, 0.5) is 0 Å². The third-order valence-corrected chi connectivity index (χ3v) is 6.87. The summed E-state index contributed by atoms with van der Waals surface area (Å²) in [6, 6.07) is 10.7. The summed E-state index contributed by atoms with van der Waals surface area (Å²) in [6.45, 7) is 7.40. The Labute approximate surface area is 137 Å². The fourth-order valence-corrected chi connectivity index (χ4v) is 5.02. The molecule has 0 spiro atoms. The molecule has 0 saturated heterocycles. The van der Waals surface area contributed by atoms with Crippen molar-refractivity contribution in [2.45, 2.75) is 45.6 Å². The van der Waals surface area contributed by atoms with Crippen LogP contribution in [0.1, 0.15) is 47.0 Å². The fraction of sp³-hybridized carbons (Fsp3) is 0.700. The second kappa shape index (κ2) is 5.35. The zero-order valence-corrected chi connectivity index (χ0v) is 14.7. The first-order valence-electron chi connectivity index (χ1n) is 9.10. The third kappa shape index (κ3) is 2.07. The molecular weight excluding hydrogens is 270 g/mol. The second-order valence-electron chi connectivity index (χ2n) is 8.14. The molecule has 2 fully saturated rings. The average molecular weight is 303 g/mol. The Balaban J connectivity index is 2.00. The van der Waals surface area contributed by atoms with E-state index in [2.05, 4.69) is 51.1 Å². The molecular formula is C20H31NO. The van der Waals surface area contributed by atoms with Crippen molar-refractivity contribution in [2.75, 3.05) is 27.2 Å². The third-order valence-electron chi connectivity index (χ3n) is 6.87. The van der Waals surface area contributed by atoms with E-state index < -0.39 is 0 Å². The molecule has 4 atom stereocenters. The fourth-order valence-electron chi connectivity index (χ4n) is 5.02. The Kier molecular flexibility index (Phi) is 3.58. The van der Waals surface area contributed by atoms with Crippen molar-refractivity contribution in [3.05, 3.63) is 35.9 Å². The minimum atomic E-state index is -0.318. The van der Waals surface area contributed by atoms with Crippen LogP contribution in [0.2, 0.25) is 0 Å². The topological polar surface area (TPSA) is 12.5 Å². The second-order valence-corrected chi connectivity index (χ2v) is 8.14. The van der Waals surface area contributed by atoms with Gasteiger partial charge in [0, 0.05) is 13.3 Å². The van der Waals surface area contributed by atoms with Gasteiger partial charge in [-0.2, -0.15) is 0 Å². The average Bonchev–Trinajstić information content (AvgIpc) is 2.85. The summed E-state index contributed by atoms with van der Waals surface area (Å²) in [5.74, 6) is 0.705. The van der Waals surface area contributed by atoms with Gasteiger partial charge >= 0.3 is 0 Å². The summed E-state index contributed by atoms with van der Waals surface area (Å²) in [5, 5.41) is 0. The number of rotatable bonds is 5. The summed E-state index contributed by atoms with van der Waals surface area (Å²) in [6.07, 6.45) is 3.60. The summed E-state index contributed by atoms with van der Waals surface area (Å²) < 4.78 is 14.9. The quantitative estimate of drug-likeness (QED) is 0.804. The van der Waals surface area contributed by atoms with Crippen LogP contribution in [0.5, 0.6) is 0 Å². The van der Waals surface area contributed by atoms with Crippen LogP contribution in [-0.2, 0) is 10.3 Å². The van der Waals surface area contributed by atoms with Crippen LogP contribution in [0.3, 0.4) is 0 Å². The maximum Gasteiger partial charge on any atom is 0.0993 e. The van der Waals surface area contributed by atoms with E-state index in [0.29, 0.717) is 12.5 Å². The van der Waals surface area contributed by atoms with E-state index in [-0.39, 0.29) is 23.0 Å². The van der Waals surface area contributed by atoms with Gasteiger partial charge in [-0.05, 0) is 50.3 Å². The number of ether oxygens (including phenoxy) is 1. The van der Waals surface area contributed by atoms with Crippen molar-refractivity contribution < 1.29 is 6.11 Å². The predicted octanol–water partition coefficient (Wildman–Crippen LogP) is 4.31. The number of hydrogen-bond donors (Lipinski definition) is 0. The van der Waals surface area contributed by atoms with E-state index in [4.69, 9.17) is 6.11 Å². The van der Waals surface area contributed by atoms with Gasteiger partial charge in [0.1, 0.15) is 0 Å². The smallest absolute Gasteiger partial charge is 0.0993 e. The van der Waals surface area contributed by atoms with Gasteiger partial charge in [0.05, 0.1) is 12.2 Å². The molecule has 0 N–H and O–H groups in total. The van der Waals surface area contributed by atoms with Crippen LogP contribution in [0.15, 0.2) is 30.3 Å². The number of benzene rings is 1. The first-order valence-corrected chi connectivity index (χ1v) is 8.53. The molecule has 2 aliphatic carbocycles. The number of fused-ring (bicyclic) bond motifs is 2. The maximum atomic E-state index is 8.24. The largest absolute Gasteiger partial charge is 0.368 e. The molecule has 0 amide bonds. The van der Waals surface area contributed by atoms with Crippen LogP contribution < -0.4 is 0 Å². The lowest BCUT2D eigenvalue weighted by Gasteiger charge is -2.49.